The molecule has 1 atom stereocenters. The zero-order valence-electron chi connectivity index (χ0n) is 15.5. The fraction of sp³-hybridized carbons (Fsp3) is 0.364. The zero-order chi connectivity index (χ0) is 18.5. The molecule has 1 saturated heterocycles. The van der Waals surface area contributed by atoms with Gasteiger partial charge in [-0.25, -0.2) is 0 Å². The fourth-order valence-electron chi connectivity index (χ4n) is 3.34. The van der Waals surface area contributed by atoms with Crippen molar-refractivity contribution in [3.8, 4) is 0 Å². The highest BCUT2D eigenvalue weighted by molar-refractivity contribution is 5.97. The van der Waals surface area contributed by atoms with E-state index in [0.717, 1.165) is 30.5 Å². The van der Waals surface area contributed by atoms with Crippen molar-refractivity contribution in [3.63, 3.8) is 0 Å². The third-order valence-electron chi connectivity index (χ3n) is 5.02. The minimum Gasteiger partial charge on any atom is -0.340 e. The van der Waals surface area contributed by atoms with Crippen LogP contribution >= 0.6 is 0 Å². The zero-order valence-corrected chi connectivity index (χ0v) is 15.5. The Bertz CT molecular complexity index is 783. The van der Waals surface area contributed by atoms with Gasteiger partial charge >= 0.3 is 0 Å². The summed E-state index contributed by atoms with van der Waals surface area (Å²) in [7, 11) is 0. The quantitative estimate of drug-likeness (QED) is 0.916. The van der Waals surface area contributed by atoms with Gasteiger partial charge in [-0.2, -0.15) is 0 Å². The molecule has 0 radical (unpaired) electrons. The van der Waals surface area contributed by atoms with E-state index in [1.54, 1.807) is 12.1 Å². The second-order valence-corrected chi connectivity index (χ2v) is 7.07. The Morgan fingerprint density at radius 3 is 2.54 bits per heavy atom. The fourth-order valence-corrected chi connectivity index (χ4v) is 3.34. The summed E-state index contributed by atoms with van der Waals surface area (Å²) in [6.07, 6.45) is 2.60. The maximum atomic E-state index is 13.0. The molecular formula is C22H26N2O2. The second-order valence-electron chi connectivity index (χ2n) is 7.07. The maximum Gasteiger partial charge on any atom is 0.251 e. The molecule has 1 unspecified atom stereocenters. The Hall–Kier alpha value is -2.62. The molecule has 3 rings (SSSR count). The first kappa shape index (κ1) is 18.2. The summed E-state index contributed by atoms with van der Waals surface area (Å²) in [5, 5.41) is 2.94. The van der Waals surface area contributed by atoms with Crippen molar-refractivity contribution in [1.82, 2.24) is 10.2 Å². The molecule has 0 saturated carbocycles. The van der Waals surface area contributed by atoms with Crippen molar-refractivity contribution in [2.24, 2.45) is 0 Å². The predicted molar refractivity (Wildman–Crippen MR) is 103 cm³/mol. The van der Waals surface area contributed by atoms with Crippen molar-refractivity contribution in [3.05, 3.63) is 70.8 Å². The van der Waals surface area contributed by atoms with Crippen LogP contribution in [0.1, 0.15) is 46.3 Å². The smallest absolute Gasteiger partial charge is 0.251 e. The van der Waals surface area contributed by atoms with Gasteiger partial charge in [-0.15, -0.1) is 0 Å². The summed E-state index contributed by atoms with van der Waals surface area (Å²) in [6.45, 7) is 5.39. The van der Waals surface area contributed by atoms with Crippen molar-refractivity contribution in [2.45, 2.75) is 45.7 Å². The first-order valence-corrected chi connectivity index (χ1v) is 9.25. The van der Waals surface area contributed by atoms with Gasteiger partial charge in [-0.1, -0.05) is 42.0 Å². The number of hydrogen-bond donors (Lipinski definition) is 1. The molecule has 1 aliphatic rings. The largest absolute Gasteiger partial charge is 0.340 e. The minimum absolute atomic E-state index is 0.0196. The third kappa shape index (κ3) is 4.31. The first-order valence-electron chi connectivity index (χ1n) is 9.25. The Morgan fingerprint density at radius 1 is 1.08 bits per heavy atom. The Labute approximate surface area is 155 Å². The van der Waals surface area contributed by atoms with Crippen LogP contribution in [-0.2, 0) is 11.3 Å². The number of amides is 2. The molecule has 2 aromatic carbocycles. The topological polar surface area (TPSA) is 49.4 Å². The standard InChI is InChI=1S/C22H26N2O2/c1-16-10-12-18(13-11-16)21(25)23-20-9-5-6-14-24(22(20)26)15-19-8-4-3-7-17(19)2/h3-4,7-8,10-13,20H,5-6,9,14-15H2,1-2H3,(H,23,25). The Kier molecular flexibility index (Phi) is 5.71. The highest BCUT2D eigenvalue weighted by atomic mass is 16.2. The Balaban J connectivity index is 1.71. The average molecular weight is 350 g/mol. The summed E-state index contributed by atoms with van der Waals surface area (Å²) in [4.78, 5) is 27.4. The molecular weight excluding hydrogens is 324 g/mol. The number of hydrogen-bond acceptors (Lipinski definition) is 2. The van der Waals surface area contributed by atoms with Crippen LogP contribution in [-0.4, -0.2) is 29.3 Å². The summed E-state index contributed by atoms with van der Waals surface area (Å²) < 4.78 is 0. The first-order chi connectivity index (χ1) is 12.5. The molecule has 0 spiro atoms. The number of rotatable bonds is 4. The molecule has 0 bridgehead atoms. The van der Waals surface area contributed by atoms with Crippen molar-refractivity contribution in [2.75, 3.05) is 6.54 Å². The molecule has 136 valence electrons. The van der Waals surface area contributed by atoms with Crippen LogP contribution in [0.4, 0.5) is 0 Å². The lowest BCUT2D eigenvalue weighted by atomic mass is 10.1. The molecule has 4 heteroatoms. The van der Waals surface area contributed by atoms with Gasteiger partial charge in [0.15, 0.2) is 0 Å². The SMILES string of the molecule is Cc1ccc(C(=O)NC2CCCCN(Cc3ccccc3C)C2=O)cc1. The van der Waals surface area contributed by atoms with Crippen LogP contribution in [0.3, 0.4) is 0 Å². The normalized spacial score (nSPS) is 17.7. The number of carbonyl (C=O) groups excluding carboxylic acids is 2. The van der Waals surface area contributed by atoms with Crippen LogP contribution in [0.25, 0.3) is 0 Å². The van der Waals surface area contributed by atoms with Crippen LogP contribution < -0.4 is 5.32 Å². The van der Waals surface area contributed by atoms with E-state index < -0.39 is 6.04 Å². The lowest BCUT2D eigenvalue weighted by Crippen LogP contribution is -2.47. The summed E-state index contributed by atoms with van der Waals surface area (Å²) in [5.74, 6) is -0.160. The van der Waals surface area contributed by atoms with E-state index in [2.05, 4.69) is 24.4 Å². The Morgan fingerprint density at radius 2 is 1.81 bits per heavy atom. The van der Waals surface area contributed by atoms with E-state index in [4.69, 9.17) is 0 Å². The molecule has 2 aromatic rings. The summed E-state index contributed by atoms with van der Waals surface area (Å²) in [5.41, 5.74) is 4.05. The molecule has 4 nitrogen and oxygen atoms in total. The minimum atomic E-state index is -0.449. The highest BCUT2D eigenvalue weighted by Gasteiger charge is 2.28. The van der Waals surface area contributed by atoms with E-state index in [-0.39, 0.29) is 11.8 Å². The third-order valence-corrected chi connectivity index (χ3v) is 5.02. The van der Waals surface area contributed by atoms with E-state index in [1.807, 2.05) is 36.1 Å². The molecule has 0 aliphatic carbocycles. The monoisotopic (exact) mass is 350 g/mol. The maximum absolute atomic E-state index is 13.0. The van der Waals surface area contributed by atoms with Gasteiger partial charge in [0, 0.05) is 18.7 Å². The number of nitrogens with zero attached hydrogens (tertiary/aromatic N) is 1. The highest BCUT2D eigenvalue weighted by Crippen LogP contribution is 2.17. The van der Waals surface area contributed by atoms with Gasteiger partial charge < -0.3 is 10.2 Å². The molecule has 1 aliphatic heterocycles. The molecule has 26 heavy (non-hydrogen) atoms. The summed E-state index contributed by atoms with van der Waals surface area (Å²) >= 11 is 0. The van der Waals surface area contributed by atoms with Gasteiger partial charge in [-0.05, 0) is 56.4 Å². The lowest BCUT2D eigenvalue weighted by molar-refractivity contribution is -0.133. The lowest BCUT2D eigenvalue weighted by Gasteiger charge is -2.25. The van der Waals surface area contributed by atoms with E-state index in [1.165, 1.54) is 5.56 Å². The van der Waals surface area contributed by atoms with Crippen molar-refractivity contribution < 1.29 is 9.59 Å². The number of nitrogens with one attached hydrogen (secondary N) is 1. The number of likely N-dealkylation sites (tertiary alicyclic amines) is 1. The number of benzene rings is 2. The summed E-state index contributed by atoms with van der Waals surface area (Å²) in [6, 6.07) is 15.1. The molecule has 1 fully saturated rings. The van der Waals surface area contributed by atoms with Crippen LogP contribution in [0.5, 0.6) is 0 Å². The molecule has 1 heterocycles. The molecule has 0 aromatic heterocycles. The number of carbonyl (C=O) groups is 2. The van der Waals surface area contributed by atoms with E-state index in [0.29, 0.717) is 18.5 Å². The van der Waals surface area contributed by atoms with E-state index in [9.17, 15) is 9.59 Å². The van der Waals surface area contributed by atoms with Crippen molar-refractivity contribution >= 4 is 11.8 Å². The second kappa shape index (κ2) is 8.17. The van der Waals surface area contributed by atoms with Gasteiger partial charge in [0.1, 0.15) is 6.04 Å². The molecule has 1 N–H and O–H groups in total. The van der Waals surface area contributed by atoms with E-state index >= 15 is 0 Å². The van der Waals surface area contributed by atoms with Crippen LogP contribution in [0.2, 0.25) is 0 Å². The van der Waals surface area contributed by atoms with Gasteiger partial charge in [0.2, 0.25) is 5.91 Å². The van der Waals surface area contributed by atoms with Crippen LogP contribution in [0.15, 0.2) is 48.5 Å². The molecule has 2 amide bonds. The van der Waals surface area contributed by atoms with Gasteiger partial charge in [-0.3, -0.25) is 9.59 Å². The van der Waals surface area contributed by atoms with Crippen LogP contribution in [0, 0.1) is 13.8 Å². The predicted octanol–water partition coefficient (Wildman–Crippen LogP) is 3.61. The van der Waals surface area contributed by atoms with Gasteiger partial charge in [0.05, 0.1) is 0 Å². The average Bonchev–Trinajstić information content (AvgIpc) is 2.80. The van der Waals surface area contributed by atoms with Crippen molar-refractivity contribution in [1.29, 1.82) is 0 Å². The number of aryl methyl sites for hydroxylation is 2. The van der Waals surface area contributed by atoms with Gasteiger partial charge in [0.25, 0.3) is 5.91 Å².